The molecule has 3 rings (SSSR count). The number of hydrogen-bond donors (Lipinski definition) is 0. The number of aromatic nitrogens is 2. The number of nitrogens with zero attached hydrogens (tertiary/aromatic N) is 3. The van der Waals surface area contributed by atoms with Crippen LogP contribution < -0.4 is 4.74 Å². The third-order valence-corrected chi connectivity index (χ3v) is 4.11. The van der Waals surface area contributed by atoms with Crippen molar-refractivity contribution in [1.29, 1.82) is 0 Å². The minimum atomic E-state index is -4.72. The summed E-state index contributed by atoms with van der Waals surface area (Å²) in [7, 11) is 0. The van der Waals surface area contributed by atoms with Crippen LogP contribution in [-0.2, 0) is 4.79 Å². The average Bonchev–Trinajstić information content (AvgIpc) is 3.00. The largest absolute Gasteiger partial charge is 0.573 e. The average molecular weight is 392 g/mol. The minimum Gasteiger partial charge on any atom is -0.406 e. The predicted molar refractivity (Wildman–Crippen MR) is 87.1 cm³/mol. The molecule has 1 amide bonds. The van der Waals surface area contributed by atoms with Crippen molar-refractivity contribution >= 4 is 18.8 Å². The Kier molecular flexibility index (Phi) is 6.12. The van der Waals surface area contributed by atoms with E-state index in [0.29, 0.717) is 31.2 Å². The van der Waals surface area contributed by atoms with Crippen molar-refractivity contribution in [3.63, 3.8) is 0 Å². The van der Waals surface area contributed by atoms with Crippen LogP contribution >= 0.6 is 12.4 Å². The summed E-state index contributed by atoms with van der Waals surface area (Å²) in [5, 5.41) is 3.77. The highest BCUT2D eigenvalue weighted by Gasteiger charge is 2.33. The lowest BCUT2D eigenvalue weighted by atomic mass is 9.84. The smallest absolute Gasteiger partial charge is 0.406 e. The summed E-state index contributed by atoms with van der Waals surface area (Å²) < 4.78 is 45.8. The van der Waals surface area contributed by atoms with E-state index in [9.17, 15) is 18.0 Å². The van der Waals surface area contributed by atoms with Crippen molar-refractivity contribution in [2.45, 2.75) is 31.5 Å². The van der Waals surface area contributed by atoms with E-state index in [4.69, 9.17) is 4.52 Å². The van der Waals surface area contributed by atoms with E-state index in [1.165, 1.54) is 12.1 Å². The number of benzene rings is 1. The molecule has 142 valence electrons. The molecule has 1 aromatic heterocycles. The fraction of sp³-hybridized carbons (Fsp3) is 0.438. The molecule has 2 heterocycles. The van der Waals surface area contributed by atoms with Gasteiger partial charge in [0.1, 0.15) is 5.75 Å². The highest BCUT2D eigenvalue weighted by molar-refractivity contribution is 5.85. The first kappa shape index (κ1) is 20.0. The summed E-state index contributed by atoms with van der Waals surface area (Å²) in [4.78, 5) is 17.1. The number of hydrogen-bond acceptors (Lipinski definition) is 5. The predicted octanol–water partition coefficient (Wildman–Crippen LogP) is 3.43. The first-order valence-electron chi connectivity index (χ1n) is 7.69. The molecule has 2 unspecified atom stereocenters. The zero-order chi connectivity index (χ0) is 18.0. The molecule has 10 heteroatoms. The van der Waals surface area contributed by atoms with Gasteiger partial charge in [0.25, 0.3) is 0 Å². The van der Waals surface area contributed by atoms with E-state index in [1.807, 2.05) is 0 Å². The molecule has 1 saturated heterocycles. The number of aryl methyl sites for hydroxylation is 1. The van der Waals surface area contributed by atoms with Crippen molar-refractivity contribution in [1.82, 2.24) is 15.0 Å². The summed E-state index contributed by atoms with van der Waals surface area (Å²) >= 11 is 0. The van der Waals surface area contributed by atoms with Crippen LogP contribution in [0.3, 0.4) is 0 Å². The molecule has 1 aliphatic rings. The number of rotatable bonds is 4. The van der Waals surface area contributed by atoms with E-state index in [-0.39, 0.29) is 30.0 Å². The maximum absolute atomic E-state index is 12.2. The van der Waals surface area contributed by atoms with Gasteiger partial charge in [0.05, 0.1) is 5.92 Å². The molecule has 2 atom stereocenters. The van der Waals surface area contributed by atoms with Crippen LogP contribution in [0.15, 0.2) is 28.8 Å². The molecule has 0 N–H and O–H groups in total. The lowest BCUT2D eigenvalue weighted by Gasteiger charge is -2.34. The second kappa shape index (κ2) is 7.94. The van der Waals surface area contributed by atoms with Gasteiger partial charge in [-0.3, -0.25) is 4.79 Å². The minimum absolute atomic E-state index is 0. The van der Waals surface area contributed by atoms with Gasteiger partial charge in [0.15, 0.2) is 5.82 Å². The maximum Gasteiger partial charge on any atom is 0.573 e. The Morgan fingerprint density at radius 2 is 1.88 bits per heavy atom. The number of ether oxygens (including phenoxy) is 1. The molecule has 1 aliphatic heterocycles. The van der Waals surface area contributed by atoms with Gasteiger partial charge in [-0.25, -0.2) is 0 Å². The summed E-state index contributed by atoms with van der Waals surface area (Å²) in [6, 6.07) is 5.70. The van der Waals surface area contributed by atoms with Crippen LogP contribution in [-0.4, -0.2) is 40.9 Å². The van der Waals surface area contributed by atoms with E-state index >= 15 is 0 Å². The van der Waals surface area contributed by atoms with Crippen molar-refractivity contribution in [3.8, 4) is 5.75 Å². The van der Waals surface area contributed by atoms with Gasteiger partial charge in [0, 0.05) is 19.0 Å². The Hall–Kier alpha value is -2.29. The van der Waals surface area contributed by atoms with Crippen LogP contribution in [0, 0.1) is 6.92 Å². The molecule has 26 heavy (non-hydrogen) atoms. The van der Waals surface area contributed by atoms with E-state index in [2.05, 4.69) is 14.9 Å². The molecule has 1 aromatic carbocycles. The Balaban J connectivity index is 0.00000243. The topological polar surface area (TPSA) is 68.5 Å². The number of likely N-dealkylation sites (tertiary alicyclic amines) is 1. The fourth-order valence-corrected chi connectivity index (χ4v) is 3.06. The number of piperidine rings is 1. The van der Waals surface area contributed by atoms with Crippen LogP contribution in [0.4, 0.5) is 13.2 Å². The quantitative estimate of drug-likeness (QED) is 0.747. The third-order valence-electron chi connectivity index (χ3n) is 4.11. The molecule has 2 aromatic rings. The molecule has 0 radical (unpaired) electrons. The summed E-state index contributed by atoms with van der Waals surface area (Å²) in [5.41, 5.74) is 0.822. The second-order valence-corrected chi connectivity index (χ2v) is 5.99. The number of carbonyl (C=O) groups excluding carboxylic acids is 1. The lowest BCUT2D eigenvalue weighted by Crippen LogP contribution is -2.37. The van der Waals surface area contributed by atoms with E-state index < -0.39 is 6.36 Å². The third kappa shape index (κ3) is 4.87. The first-order chi connectivity index (χ1) is 11.8. The summed E-state index contributed by atoms with van der Waals surface area (Å²) in [6.07, 6.45) is -3.31. The van der Waals surface area contributed by atoms with Crippen molar-refractivity contribution in [2.75, 3.05) is 13.1 Å². The zero-order valence-electron chi connectivity index (χ0n) is 13.8. The number of halogens is 4. The number of carbonyl (C=O) groups is 1. The lowest BCUT2D eigenvalue weighted by molar-refractivity contribution is -0.274. The van der Waals surface area contributed by atoms with Gasteiger partial charge in [0.2, 0.25) is 12.3 Å². The van der Waals surface area contributed by atoms with Crippen molar-refractivity contribution < 1.29 is 27.2 Å². The second-order valence-electron chi connectivity index (χ2n) is 5.99. The molecule has 0 aliphatic carbocycles. The van der Waals surface area contributed by atoms with Crippen LogP contribution in [0.2, 0.25) is 0 Å². The monoisotopic (exact) mass is 391 g/mol. The van der Waals surface area contributed by atoms with Crippen molar-refractivity contribution in [2.24, 2.45) is 0 Å². The van der Waals surface area contributed by atoms with E-state index in [1.54, 1.807) is 24.0 Å². The first-order valence-corrected chi connectivity index (χ1v) is 7.69. The van der Waals surface area contributed by atoms with E-state index in [0.717, 1.165) is 12.0 Å². The SMILES string of the molecule is Cc1noc(C2CC(c3ccc(OC(F)(F)F)cc3)CN(C=O)C2)n1.Cl. The molecule has 6 nitrogen and oxygen atoms in total. The Morgan fingerprint density at radius 3 is 2.42 bits per heavy atom. The maximum atomic E-state index is 12.2. The highest BCUT2D eigenvalue weighted by Crippen LogP contribution is 2.35. The molecule has 0 spiro atoms. The highest BCUT2D eigenvalue weighted by atomic mass is 35.5. The zero-order valence-corrected chi connectivity index (χ0v) is 14.6. The van der Waals surface area contributed by atoms with Gasteiger partial charge in [-0.05, 0) is 31.0 Å². The Labute approximate surface area is 153 Å². The van der Waals surface area contributed by atoms with Gasteiger partial charge in [-0.1, -0.05) is 17.3 Å². The summed E-state index contributed by atoms with van der Waals surface area (Å²) in [5.74, 6) is 0.547. The van der Waals surface area contributed by atoms with Gasteiger partial charge in [-0.15, -0.1) is 25.6 Å². The standard InChI is InChI=1S/C16H16F3N3O3.ClH/c1-10-20-15(25-21-10)13-6-12(7-22(8-13)9-23)11-2-4-14(5-3-11)24-16(17,18)19;/h2-5,9,12-13H,6-8H2,1H3;1H. The Bertz CT molecular complexity index is 736. The number of alkyl halides is 3. The summed E-state index contributed by atoms with van der Waals surface area (Å²) in [6.45, 7) is 2.66. The van der Waals surface area contributed by atoms with Gasteiger partial charge >= 0.3 is 6.36 Å². The van der Waals surface area contributed by atoms with Crippen LogP contribution in [0.25, 0.3) is 0 Å². The molecule has 1 fully saturated rings. The number of amides is 1. The molecular weight excluding hydrogens is 375 g/mol. The van der Waals surface area contributed by atoms with Crippen molar-refractivity contribution in [3.05, 3.63) is 41.5 Å². The van der Waals surface area contributed by atoms with Crippen LogP contribution in [0.5, 0.6) is 5.75 Å². The molecular formula is C16H17ClF3N3O3. The van der Waals surface area contributed by atoms with Gasteiger partial charge < -0.3 is 14.2 Å². The Morgan fingerprint density at radius 1 is 1.23 bits per heavy atom. The van der Waals surface area contributed by atoms with Gasteiger partial charge in [-0.2, -0.15) is 4.98 Å². The normalized spacial score (nSPS) is 20.4. The van der Waals surface area contributed by atoms with Crippen LogP contribution in [0.1, 0.15) is 35.5 Å². The molecule has 0 saturated carbocycles. The fourth-order valence-electron chi connectivity index (χ4n) is 3.06. The molecule has 0 bridgehead atoms.